The second-order valence-electron chi connectivity index (χ2n) is 9.07. The Labute approximate surface area is 172 Å². The highest BCUT2D eigenvalue weighted by molar-refractivity contribution is 5.93. The van der Waals surface area contributed by atoms with E-state index < -0.39 is 0 Å². The number of ether oxygens (including phenoxy) is 1. The molecular formula is C22H31N5O2. The Bertz CT molecular complexity index is 875. The SMILES string of the molecule is CN1CCN(C[C@@H]2CO[C@]3(CCCN(C(=O)c4cnc5ccccn45)C3)C2)CC1. The Morgan fingerprint density at radius 2 is 2.10 bits per heavy atom. The molecule has 7 heteroatoms. The number of carbonyl (C=O) groups is 1. The molecule has 5 rings (SSSR count). The molecule has 5 heterocycles. The zero-order valence-electron chi connectivity index (χ0n) is 17.3. The Kier molecular flexibility index (Phi) is 5.05. The lowest BCUT2D eigenvalue weighted by atomic mass is 9.86. The lowest BCUT2D eigenvalue weighted by Gasteiger charge is -2.40. The van der Waals surface area contributed by atoms with Gasteiger partial charge in [-0.25, -0.2) is 4.98 Å². The monoisotopic (exact) mass is 397 g/mol. The van der Waals surface area contributed by atoms with Gasteiger partial charge in [0.1, 0.15) is 11.3 Å². The Balaban J connectivity index is 1.24. The average Bonchev–Trinajstić information content (AvgIpc) is 3.34. The molecule has 0 bridgehead atoms. The number of piperazine rings is 1. The van der Waals surface area contributed by atoms with Crippen LogP contribution in [0, 0.1) is 5.92 Å². The summed E-state index contributed by atoms with van der Waals surface area (Å²) in [6, 6.07) is 5.81. The van der Waals surface area contributed by atoms with Crippen LogP contribution < -0.4 is 0 Å². The van der Waals surface area contributed by atoms with Gasteiger partial charge in [0.2, 0.25) is 0 Å². The number of nitrogens with zero attached hydrogens (tertiary/aromatic N) is 5. The standard InChI is InChI=1S/C22H31N5O2/c1-24-9-11-25(12-10-24)15-18-13-22(29-16-18)6-4-7-26(17-22)21(28)19-14-23-20-5-2-3-8-27(19)20/h2-3,5,8,14,18H,4,6-7,9-13,15-17H2,1H3/t18-,22-/m1/s1. The highest BCUT2D eigenvalue weighted by Crippen LogP contribution is 2.38. The molecule has 0 aromatic carbocycles. The molecule has 2 atom stereocenters. The molecule has 2 aromatic heterocycles. The fraction of sp³-hybridized carbons (Fsp3) is 0.636. The zero-order chi connectivity index (χ0) is 19.8. The van der Waals surface area contributed by atoms with Crippen molar-refractivity contribution in [3.8, 4) is 0 Å². The molecule has 29 heavy (non-hydrogen) atoms. The summed E-state index contributed by atoms with van der Waals surface area (Å²) in [5.41, 5.74) is 1.29. The van der Waals surface area contributed by atoms with E-state index in [1.54, 1.807) is 6.20 Å². The minimum absolute atomic E-state index is 0.0638. The second kappa shape index (κ2) is 7.70. The first kappa shape index (κ1) is 19.0. The molecule has 0 aliphatic carbocycles. The van der Waals surface area contributed by atoms with Crippen molar-refractivity contribution in [3.63, 3.8) is 0 Å². The molecular weight excluding hydrogens is 366 g/mol. The lowest BCUT2D eigenvalue weighted by Crippen LogP contribution is -2.50. The van der Waals surface area contributed by atoms with Crippen molar-refractivity contribution in [1.82, 2.24) is 24.1 Å². The maximum Gasteiger partial charge on any atom is 0.272 e. The first-order valence-electron chi connectivity index (χ1n) is 10.9. The number of hydrogen-bond donors (Lipinski definition) is 0. The predicted molar refractivity (Wildman–Crippen MR) is 111 cm³/mol. The van der Waals surface area contributed by atoms with Gasteiger partial charge in [0.15, 0.2) is 0 Å². The third-order valence-electron chi connectivity index (χ3n) is 6.86. The summed E-state index contributed by atoms with van der Waals surface area (Å²) in [5.74, 6) is 0.637. The molecule has 7 nitrogen and oxygen atoms in total. The van der Waals surface area contributed by atoms with Crippen LogP contribution >= 0.6 is 0 Å². The first-order valence-corrected chi connectivity index (χ1v) is 10.9. The van der Waals surface area contributed by atoms with Crippen LogP contribution in [-0.2, 0) is 4.74 Å². The number of aromatic nitrogens is 2. The molecule has 3 fully saturated rings. The largest absolute Gasteiger partial charge is 0.373 e. The minimum Gasteiger partial charge on any atom is -0.373 e. The maximum atomic E-state index is 13.2. The topological polar surface area (TPSA) is 53.3 Å². The van der Waals surface area contributed by atoms with E-state index in [0.29, 0.717) is 18.2 Å². The van der Waals surface area contributed by atoms with Crippen molar-refractivity contribution >= 4 is 11.6 Å². The molecule has 3 aliphatic rings. The summed E-state index contributed by atoms with van der Waals surface area (Å²) in [4.78, 5) is 24.6. The van der Waals surface area contributed by atoms with Gasteiger partial charge in [0, 0.05) is 45.5 Å². The van der Waals surface area contributed by atoms with Gasteiger partial charge in [-0.05, 0) is 44.4 Å². The first-order chi connectivity index (χ1) is 14.1. The van der Waals surface area contributed by atoms with Crippen LogP contribution in [0.1, 0.15) is 29.8 Å². The predicted octanol–water partition coefficient (Wildman–Crippen LogP) is 1.59. The Morgan fingerprint density at radius 3 is 2.97 bits per heavy atom. The zero-order valence-corrected chi connectivity index (χ0v) is 17.3. The van der Waals surface area contributed by atoms with E-state index in [1.165, 1.54) is 0 Å². The summed E-state index contributed by atoms with van der Waals surface area (Å²) in [5, 5.41) is 0. The van der Waals surface area contributed by atoms with Crippen LogP contribution in [0.2, 0.25) is 0 Å². The number of hydrogen-bond acceptors (Lipinski definition) is 5. The number of carbonyl (C=O) groups excluding carboxylic acids is 1. The molecule has 0 saturated carbocycles. The molecule has 156 valence electrons. The summed E-state index contributed by atoms with van der Waals surface area (Å²) >= 11 is 0. The number of piperidine rings is 1. The third-order valence-corrected chi connectivity index (χ3v) is 6.86. The Morgan fingerprint density at radius 1 is 1.24 bits per heavy atom. The van der Waals surface area contributed by atoms with Crippen molar-refractivity contribution < 1.29 is 9.53 Å². The van der Waals surface area contributed by atoms with E-state index in [0.717, 1.165) is 70.8 Å². The number of amides is 1. The van der Waals surface area contributed by atoms with Gasteiger partial charge in [-0.1, -0.05) is 6.07 Å². The molecule has 0 N–H and O–H groups in total. The van der Waals surface area contributed by atoms with E-state index in [2.05, 4.69) is 21.8 Å². The fourth-order valence-electron chi connectivity index (χ4n) is 5.26. The summed E-state index contributed by atoms with van der Waals surface area (Å²) in [7, 11) is 2.20. The van der Waals surface area contributed by atoms with Gasteiger partial charge in [-0.3, -0.25) is 9.20 Å². The van der Waals surface area contributed by atoms with Crippen molar-refractivity contribution in [2.24, 2.45) is 5.92 Å². The lowest BCUT2D eigenvalue weighted by molar-refractivity contribution is -0.0452. The number of imidazole rings is 1. The smallest absolute Gasteiger partial charge is 0.272 e. The van der Waals surface area contributed by atoms with Crippen molar-refractivity contribution in [1.29, 1.82) is 0 Å². The number of rotatable bonds is 3. The van der Waals surface area contributed by atoms with Gasteiger partial charge >= 0.3 is 0 Å². The van der Waals surface area contributed by atoms with Gasteiger partial charge in [0.25, 0.3) is 5.91 Å². The van der Waals surface area contributed by atoms with Crippen LogP contribution in [0.5, 0.6) is 0 Å². The number of likely N-dealkylation sites (tertiary alicyclic amines) is 1. The number of pyridine rings is 1. The van der Waals surface area contributed by atoms with Crippen molar-refractivity contribution in [3.05, 3.63) is 36.3 Å². The van der Waals surface area contributed by atoms with E-state index >= 15 is 0 Å². The van der Waals surface area contributed by atoms with E-state index in [9.17, 15) is 4.79 Å². The van der Waals surface area contributed by atoms with Crippen LogP contribution in [0.3, 0.4) is 0 Å². The highest BCUT2D eigenvalue weighted by atomic mass is 16.5. The summed E-state index contributed by atoms with van der Waals surface area (Å²) < 4.78 is 8.27. The quantitative estimate of drug-likeness (QED) is 0.787. The Hall–Kier alpha value is -1.96. The van der Waals surface area contributed by atoms with Crippen molar-refractivity contribution in [2.45, 2.75) is 24.9 Å². The fourth-order valence-corrected chi connectivity index (χ4v) is 5.26. The molecule has 1 amide bonds. The summed E-state index contributed by atoms with van der Waals surface area (Å²) in [6.45, 7) is 8.05. The molecule has 3 saturated heterocycles. The van der Waals surface area contributed by atoms with Crippen LogP contribution in [0.25, 0.3) is 5.65 Å². The summed E-state index contributed by atoms with van der Waals surface area (Å²) in [6.07, 6.45) is 6.74. The molecule has 1 spiro atoms. The average molecular weight is 398 g/mol. The van der Waals surface area contributed by atoms with Crippen LogP contribution in [-0.4, -0.2) is 95.1 Å². The van der Waals surface area contributed by atoms with Crippen LogP contribution in [0.15, 0.2) is 30.6 Å². The second-order valence-corrected chi connectivity index (χ2v) is 9.07. The normalized spacial score (nSPS) is 29.1. The highest BCUT2D eigenvalue weighted by Gasteiger charge is 2.45. The van der Waals surface area contributed by atoms with Gasteiger partial charge < -0.3 is 19.4 Å². The maximum absolute atomic E-state index is 13.2. The van der Waals surface area contributed by atoms with Gasteiger partial charge in [-0.15, -0.1) is 0 Å². The van der Waals surface area contributed by atoms with Crippen molar-refractivity contribution in [2.75, 3.05) is 59.5 Å². The number of fused-ring (bicyclic) bond motifs is 1. The molecule has 0 unspecified atom stereocenters. The van der Waals surface area contributed by atoms with E-state index in [-0.39, 0.29) is 11.5 Å². The van der Waals surface area contributed by atoms with E-state index in [1.807, 2.05) is 33.7 Å². The molecule has 3 aliphatic heterocycles. The molecule has 0 radical (unpaired) electrons. The van der Waals surface area contributed by atoms with Gasteiger partial charge in [-0.2, -0.15) is 0 Å². The van der Waals surface area contributed by atoms with Gasteiger partial charge in [0.05, 0.1) is 24.9 Å². The number of likely N-dealkylation sites (N-methyl/N-ethyl adjacent to an activating group) is 1. The third kappa shape index (κ3) is 3.79. The minimum atomic E-state index is -0.161. The molecule has 2 aromatic rings. The van der Waals surface area contributed by atoms with Crippen LogP contribution in [0.4, 0.5) is 0 Å². The van der Waals surface area contributed by atoms with E-state index in [4.69, 9.17) is 4.74 Å².